The summed E-state index contributed by atoms with van der Waals surface area (Å²) in [6.07, 6.45) is 7.37. The van der Waals surface area contributed by atoms with E-state index in [1.54, 1.807) is 11.0 Å². The molecule has 0 spiro atoms. The summed E-state index contributed by atoms with van der Waals surface area (Å²) in [6, 6.07) is 9.79. The van der Waals surface area contributed by atoms with E-state index in [-0.39, 0.29) is 5.88 Å². The molecule has 0 saturated carbocycles. The Kier molecular flexibility index (Phi) is 3.91. The maximum absolute atomic E-state index is 9.81. The molecule has 1 aliphatic rings. The molecule has 0 atom stereocenters. The zero-order chi connectivity index (χ0) is 12.8. The van der Waals surface area contributed by atoms with Gasteiger partial charge in [-0.15, -0.1) is 5.11 Å². The molecule has 0 saturated heterocycles. The number of aliphatic hydroxyl groups is 1. The van der Waals surface area contributed by atoms with Gasteiger partial charge in [0, 0.05) is 13.2 Å². The first-order chi connectivity index (χ1) is 8.77. The summed E-state index contributed by atoms with van der Waals surface area (Å²) in [7, 11) is 1.85. The number of aliphatic hydroxyl groups excluding tert-OH is 1. The van der Waals surface area contributed by atoms with Crippen molar-refractivity contribution < 1.29 is 5.11 Å². The van der Waals surface area contributed by atoms with Crippen molar-refractivity contribution in [2.75, 3.05) is 7.05 Å². The van der Waals surface area contributed by atoms with Gasteiger partial charge in [0.05, 0.1) is 6.54 Å². The second-order valence-corrected chi connectivity index (χ2v) is 3.91. The molecule has 2 rings (SSSR count). The summed E-state index contributed by atoms with van der Waals surface area (Å²) in [5, 5.41) is 17.6. The highest BCUT2D eigenvalue weighted by Gasteiger charge is 2.07. The number of nitrogens with zero attached hydrogens (tertiary/aromatic N) is 3. The van der Waals surface area contributed by atoms with Gasteiger partial charge in [-0.05, 0) is 17.7 Å². The Morgan fingerprint density at radius 2 is 2.00 bits per heavy atom. The number of hydrogen-bond acceptors (Lipinski definition) is 4. The molecule has 1 N–H and O–H groups in total. The van der Waals surface area contributed by atoms with E-state index in [4.69, 9.17) is 0 Å². The molecule has 0 aliphatic carbocycles. The lowest BCUT2D eigenvalue weighted by Crippen LogP contribution is -2.12. The Bertz CT molecular complexity index is 515. The second kappa shape index (κ2) is 5.82. The Morgan fingerprint density at radius 1 is 1.22 bits per heavy atom. The third-order valence-electron chi connectivity index (χ3n) is 2.55. The molecule has 1 aliphatic heterocycles. The maximum Gasteiger partial charge on any atom is 0.254 e. The number of likely N-dealkylation sites (N-methyl/N-ethyl adjacent to an activating group) is 1. The van der Waals surface area contributed by atoms with Crippen molar-refractivity contribution in [2.45, 2.75) is 6.54 Å². The molecule has 0 aromatic heterocycles. The minimum atomic E-state index is -0.0750. The van der Waals surface area contributed by atoms with Gasteiger partial charge < -0.3 is 10.0 Å². The van der Waals surface area contributed by atoms with Crippen LogP contribution in [0.4, 0.5) is 0 Å². The molecule has 4 heteroatoms. The molecule has 4 nitrogen and oxygen atoms in total. The van der Waals surface area contributed by atoms with E-state index in [1.165, 1.54) is 0 Å². The molecule has 0 amide bonds. The SMILES string of the molecule is CN1C=CC=CC1=C(O)N=NCc1ccccc1. The van der Waals surface area contributed by atoms with Gasteiger partial charge in [-0.1, -0.05) is 36.4 Å². The molecule has 1 aromatic carbocycles. The van der Waals surface area contributed by atoms with Crippen molar-refractivity contribution >= 4 is 0 Å². The lowest BCUT2D eigenvalue weighted by atomic mass is 10.2. The number of benzene rings is 1. The lowest BCUT2D eigenvalue weighted by molar-refractivity contribution is 0.370. The van der Waals surface area contributed by atoms with Crippen molar-refractivity contribution in [1.82, 2.24) is 4.90 Å². The van der Waals surface area contributed by atoms with Crippen LogP contribution in [-0.2, 0) is 6.54 Å². The third-order valence-corrected chi connectivity index (χ3v) is 2.55. The van der Waals surface area contributed by atoms with Gasteiger partial charge in [-0.2, -0.15) is 5.11 Å². The minimum absolute atomic E-state index is 0.0750. The Hall–Kier alpha value is -2.36. The van der Waals surface area contributed by atoms with Crippen molar-refractivity contribution in [3.63, 3.8) is 0 Å². The van der Waals surface area contributed by atoms with Gasteiger partial charge in [0.25, 0.3) is 5.88 Å². The molecule has 92 valence electrons. The van der Waals surface area contributed by atoms with E-state index >= 15 is 0 Å². The fourth-order valence-corrected chi connectivity index (χ4v) is 1.57. The first kappa shape index (κ1) is 12.1. The summed E-state index contributed by atoms with van der Waals surface area (Å²) < 4.78 is 0. The Labute approximate surface area is 106 Å². The van der Waals surface area contributed by atoms with E-state index in [9.17, 15) is 5.11 Å². The molecular weight excluding hydrogens is 226 g/mol. The van der Waals surface area contributed by atoms with Crippen LogP contribution >= 0.6 is 0 Å². The Balaban J connectivity index is 2.03. The molecule has 0 bridgehead atoms. The van der Waals surface area contributed by atoms with Crippen LogP contribution in [0.5, 0.6) is 0 Å². The van der Waals surface area contributed by atoms with Crippen molar-refractivity contribution in [3.05, 3.63) is 71.9 Å². The van der Waals surface area contributed by atoms with E-state index in [0.717, 1.165) is 5.56 Å². The number of azo groups is 1. The highest BCUT2D eigenvalue weighted by Crippen LogP contribution is 2.14. The monoisotopic (exact) mass is 241 g/mol. The smallest absolute Gasteiger partial charge is 0.254 e. The normalized spacial score (nSPS) is 17.5. The van der Waals surface area contributed by atoms with Crippen LogP contribution in [0.2, 0.25) is 0 Å². The molecule has 0 fully saturated rings. The van der Waals surface area contributed by atoms with Crippen LogP contribution in [-0.4, -0.2) is 17.1 Å². The zero-order valence-electron chi connectivity index (χ0n) is 10.2. The fourth-order valence-electron chi connectivity index (χ4n) is 1.57. The summed E-state index contributed by atoms with van der Waals surface area (Å²) in [5.41, 5.74) is 1.70. The quantitative estimate of drug-likeness (QED) is 0.651. The van der Waals surface area contributed by atoms with Gasteiger partial charge >= 0.3 is 0 Å². The van der Waals surface area contributed by atoms with Gasteiger partial charge in [0.1, 0.15) is 5.70 Å². The lowest BCUT2D eigenvalue weighted by Gasteiger charge is -2.17. The molecular formula is C14H15N3O. The van der Waals surface area contributed by atoms with Crippen LogP contribution < -0.4 is 0 Å². The van der Waals surface area contributed by atoms with Crippen LogP contribution in [0.15, 0.2) is 76.6 Å². The second-order valence-electron chi connectivity index (χ2n) is 3.91. The number of allylic oxidation sites excluding steroid dienone is 3. The summed E-state index contributed by atoms with van der Waals surface area (Å²) in [4.78, 5) is 1.79. The van der Waals surface area contributed by atoms with Crippen LogP contribution in [0, 0.1) is 0 Å². The predicted molar refractivity (Wildman–Crippen MR) is 70.7 cm³/mol. The summed E-state index contributed by atoms with van der Waals surface area (Å²) in [6.45, 7) is 0.460. The predicted octanol–water partition coefficient (Wildman–Crippen LogP) is 3.38. The third kappa shape index (κ3) is 3.07. The van der Waals surface area contributed by atoms with Gasteiger partial charge in [0.2, 0.25) is 0 Å². The number of hydrogen-bond donors (Lipinski definition) is 1. The average molecular weight is 241 g/mol. The van der Waals surface area contributed by atoms with E-state index < -0.39 is 0 Å². The fraction of sp³-hybridized carbons (Fsp3) is 0.143. The summed E-state index contributed by atoms with van der Waals surface area (Å²) >= 11 is 0. The van der Waals surface area contributed by atoms with E-state index in [2.05, 4.69) is 10.2 Å². The molecule has 1 aromatic rings. The van der Waals surface area contributed by atoms with Crippen LogP contribution in [0.1, 0.15) is 5.56 Å². The van der Waals surface area contributed by atoms with E-state index in [1.807, 2.05) is 55.7 Å². The molecule has 0 radical (unpaired) electrons. The topological polar surface area (TPSA) is 48.2 Å². The van der Waals surface area contributed by atoms with E-state index in [0.29, 0.717) is 12.2 Å². The molecule has 0 unspecified atom stereocenters. The molecule has 18 heavy (non-hydrogen) atoms. The summed E-state index contributed by atoms with van der Waals surface area (Å²) in [5.74, 6) is -0.0750. The molecule has 1 heterocycles. The average Bonchev–Trinajstić information content (AvgIpc) is 2.40. The van der Waals surface area contributed by atoms with Gasteiger partial charge in [-0.25, -0.2) is 0 Å². The highest BCUT2D eigenvalue weighted by molar-refractivity contribution is 5.28. The van der Waals surface area contributed by atoms with Crippen molar-refractivity contribution in [2.24, 2.45) is 10.2 Å². The first-order valence-corrected chi connectivity index (χ1v) is 5.70. The van der Waals surface area contributed by atoms with Crippen LogP contribution in [0.3, 0.4) is 0 Å². The Morgan fingerprint density at radius 3 is 2.72 bits per heavy atom. The zero-order valence-corrected chi connectivity index (χ0v) is 10.2. The van der Waals surface area contributed by atoms with Gasteiger partial charge in [-0.3, -0.25) is 0 Å². The highest BCUT2D eigenvalue weighted by atomic mass is 16.3. The minimum Gasteiger partial charge on any atom is -0.491 e. The first-order valence-electron chi connectivity index (χ1n) is 5.70. The van der Waals surface area contributed by atoms with Crippen LogP contribution in [0.25, 0.3) is 0 Å². The standard InChI is InChI=1S/C14H15N3O/c1-17-10-6-5-9-13(17)14(18)16-15-11-12-7-3-2-4-8-12/h2-10,18H,11H2,1H3. The number of rotatable bonds is 3. The van der Waals surface area contributed by atoms with Crippen molar-refractivity contribution in [3.8, 4) is 0 Å². The van der Waals surface area contributed by atoms with Crippen molar-refractivity contribution in [1.29, 1.82) is 0 Å². The maximum atomic E-state index is 9.81. The largest absolute Gasteiger partial charge is 0.491 e. The van der Waals surface area contributed by atoms with Gasteiger partial charge in [0.15, 0.2) is 0 Å².